The van der Waals surface area contributed by atoms with Gasteiger partial charge in [0.05, 0.1) is 12.7 Å². The molecule has 0 saturated carbocycles. The van der Waals surface area contributed by atoms with E-state index in [1.807, 2.05) is 0 Å². The number of rotatable bonds is 5. The van der Waals surface area contributed by atoms with E-state index in [1.54, 1.807) is 0 Å². The van der Waals surface area contributed by atoms with Crippen molar-refractivity contribution in [2.45, 2.75) is 38.7 Å². The molecule has 88 valence electrons. The van der Waals surface area contributed by atoms with Gasteiger partial charge >= 0.3 is 0 Å². The summed E-state index contributed by atoms with van der Waals surface area (Å²) in [6.07, 6.45) is 4.95. The van der Waals surface area contributed by atoms with Crippen molar-refractivity contribution in [3.05, 3.63) is 35.4 Å². The Hall–Kier alpha value is -0.860. The molecule has 2 heteroatoms. The predicted octanol–water partition coefficient (Wildman–Crippen LogP) is 2.94. The second-order valence-corrected chi connectivity index (χ2v) is 4.40. The summed E-state index contributed by atoms with van der Waals surface area (Å²) in [7, 11) is 0. The molecule has 0 radical (unpaired) electrons. The molecule has 0 bridgehead atoms. The first-order valence-corrected chi connectivity index (χ1v) is 6.15. The van der Waals surface area contributed by atoms with Crippen molar-refractivity contribution in [2.24, 2.45) is 0 Å². The van der Waals surface area contributed by atoms with Gasteiger partial charge in [0, 0.05) is 6.42 Å². The molecule has 1 heterocycles. The second-order valence-electron chi connectivity index (χ2n) is 4.40. The fourth-order valence-corrected chi connectivity index (χ4v) is 1.98. The molecule has 0 aliphatic carbocycles. The van der Waals surface area contributed by atoms with Gasteiger partial charge in [0.25, 0.3) is 0 Å². The zero-order valence-corrected chi connectivity index (χ0v) is 9.95. The molecule has 1 aromatic carbocycles. The maximum atomic E-state index is 5.43. The number of unbranched alkanes of at least 4 members (excludes halogenated alkanes) is 1. The minimum atomic E-state index is 0.251. The predicted molar refractivity (Wildman–Crippen MR) is 64.5 cm³/mol. The molecule has 2 rings (SSSR count). The van der Waals surface area contributed by atoms with E-state index in [2.05, 4.69) is 31.2 Å². The van der Waals surface area contributed by atoms with E-state index in [9.17, 15) is 0 Å². The number of hydrogen-bond donors (Lipinski definition) is 0. The smallest absolute Gasteiger partial charge is 0.147 e. The van der Waals surface area contributed by atoms with Crippen LogP contribution in [0.4, 0.5) is 0 Å². The molecule has 2 nitrogen and oxygen atoms in total. The summed E-state index contributed by atoms with van der Waals surface area (Å²) in [5.74, 6) is 0. The third kappa shape index (κ3) is 3.32. The first kappa shape index (κ1) is 11.6. The Labute approximate surface area is 97.6 Å². The van der Waals surface area contributed by atoms with Gasteiger partial charge in [0.15, 0.2) is 0 Å². The van der Waals surface area contributed by atoms with E-state index < -0.39 is 0 Å². The molecule has 1 fully saturated rings. The Morgan fingerprint density at radius 2 is 1.94 bits per heavy atom. The summed E-state index contributed by atoms with van der Waals surface area (Å²) in [6.45, 7) is 3.42. The first-order chi connectivity index (χ1) is 7.88. The summed E-state index contributed by atoms with van der Waals surface area (Å²) < 4.78 is 10.6. The van der Waals surface area contributed by atoms with E-state index in [4.69, 9.17) is 9.47 Å². The zero-order valence-electron chi connectivity index (χ0n) is 9.95. The highest BCUT2D eigenvalue weighted by atomic mass is 16.7. The van der Waals surface area contributed by atoms with Crippen LogP contribution in [0.15, 0.2) is 24.3 Å². The third-order valence-corrected chi connectivity index (χ3v) is 3.00. The van der Waals surface area contributed by atoms with Gasteiger partial charge in [-0.15, -0.1) is 0 Å². The molecule has 1 aromatic rings. The quantitative estimate of drug-likeness (QED) is 0.759. The lowest BCUT2D eigenvalue weighted by Gasteiger charge is -2.08. The molecule has 1 aliphatic rings. The molecule has 1 aliphatic heterocycles. The van der Waals surface area contributed by atoms with Crippen LogP contribution in [-0.4, -0.2) is 19.5 Å². The van der Waals surface area contributed by atoms with Crippen LogP contribution >= 0.6 is 0 Å². The maximum absolute atomic E-state index is 5.43. The summed E-state index contributed by atoms with van der Waals surface area (Å²) in [5, 5.41) is 0. The highest BCUT2D eigenvalue weighted by Crippen LogP contribution is 2.13. The van der Waals surface area contributed by atoms with Gasteiger partial charge < -0.3 is 9.47 Å². The van der Waals surface area contributed by atoms with Crippen LogP contribution in [-0.2, 0) is 22.3 Å². The molecule has 0 spiro atoms. The maximum Gasteiger partial charge on any atom is 0.147 e. The Morgan fingerprint density at radius 1 is 1.19 bits per heavy atom. The topological polar surface area (TPSA) is 18.5 Å². The van der Waals surface area contributed by atoms with Crippen molar-refractivity contribution in [3.8, 4) is 0 Å². The summed E-state index contributed by atoms with van der Waals surface area (Å²) >= 11 is 0. The van der Waals surface area contributed by atoms with Crippen LogP contribution < -0.4 is 0 Å². The van der Waals surface area contributed by atoms with Crippen LogP contribution in [0, 0.1) is 0 Å². The van der Waals surface area contributed by atoms with E-state index in [0.29, 0.717) is 6.79 Å². The molecule has 1 atom stereocenters. The number of aryl methyl sites for hydroxylation is 1. The lowest BCUT2D eigenvalue weighted by Crippen LogP contribution is -2.12. The van der Waals surface area contributed by atoms with Gasteiger partial charge in [0.2, 0.25) is 0 Å². The Kier molecular flexibility index (Phi) is 4.37. The second kappa shape index (κ2) is 6.02. The highest BCUT2D eigenvalue weighted by molar-refractivity contribution is 5.23. The largest absolute Gasteiger partial charge is 0.353 e. The van der Waals surface area contributed by atoms with Crippen molar-refractivity contribution in [3.63, 3.8) is 0 Å². The molecular formula is C14H20O2. The lowest BCUT2D eigenvalue weighted by molar-refractivity contribution is 0.0470. The summed E-state index contributed by atoms with van der Waals surface area (Å²) in [5.41, 5.74) is 2.78. The minimum Gasteiger partial charge on any atom is -0.353 e. The van der Waals surface area contributed by atoms with E-state index in [0.717, 1.165) is 13.0 Å². The van der Waals surface area contributed by atoms with Crippen molar-refractivity contribution < 1.29 is 9.47 Å². The van der Waals surface area contributed by atoms with Crippen LogP contribution in [0.25, 0.3) is 0 Å². The van der Waals surface area contributed by atoms with Crippen molar-refractivity contribution in [2.75, 3.05) is 13.4 Å². The van der Waals surface area contributed by atoms with Gasteiger partial charge in [-0.2, -0.15) is 0 Å². The van der Waals surface area contributed by atoms with E-state index in [1.165, 1.54) is 30.4 Å². The van der Waals surface area contributed by atoms with Crippen LogP contribution in [0.5, 0.6) is 0 Å². The normalized spacial score (nSPS) is 20.2. The van der Waals surface area contributed by atoms with E-state index >= 15 is 0 Å². The molecule has 0 N–H and O–H groups in total. The van der Waals surface area contributed by atoms with Gasteiger partial charge in [-0.1, -0.05) is 37.6 Å². The van der Waals surface area contributed by atoms with Gasteiger partial charge in [-0.25, -0.2) is 0 Å². The Bertz CT molecular complexity index is 299. The number of hydrogen-bond acceptors (Lipinski definition) is 2. The SMILES string of the molecule is CCCCc1ccc(CC2COCO2)cc1. The molecule has 0 aromatic heterocycles. The molecule has 1 unspecified atom stereocenters. The van der Waals surface area contributed by atoms with Crippen molar-refractivity contribution in [1.29, 1.82) is 0 Å². The van der Waals surface area contributed by atoms with Gasteiger partial charge in [-0.3, -0.25) is 0 Å². The fraction of sp³-hybridized carbons (Fsp3) is 0.571. The number of ether oxygens (including phenoxy) is 2. The van der Waals surface area contributed by atoms with Crippen molar-refractivity contribution in [1.82, 2.24) is 0 Å². The first-order valence-electron chi connectivity index (χ1n) is 6.15. The third-order valence-electron chi connectivity index (χ3n) is 3.00. The molecule has 1 saturated heterocycles. The van der Waals surface area contributed by atoms with Gasteiger partial charge in [-0.05, 0) is 24.0 Å². The van der Waals surface area contributed by atoms with Crippen LogP contribution in [0.1, 0.15) is 30.9 Å². The number of benzene rings is 1. The highest BCUT2D eigenvalue weighted by Gasteiger charge is 2.16. The average molecular weight is 220 g/mol. The Morgan fingerprint density at radius 3 is 2.56 bits per heavy atom. The minimum absolute atomic E-state index is 0.251. The molecular weight excluding hydrogens is 200 g/mol. The summed E-state index contributed by atoms with van der Waals surface area (Å²) in [4.78, 5) is 0. The lowest BCUT2D eigenvalue weighted by atomic mass is 10.0. The molecule has 0 amide bonds. The average Bonchev–Trinajstić information content (AvgIpc) is 2.81. The van der Waals surface area contributed by atoms with Crippen LogP contribution in [0.2, 0.25) is 0 Å². The zero-order chi connectivity index (χ0) is 11.2. The standard InChI is InChI=1S/C14H20O2/c1-2-3-4-12-5-7-13(8-6-12)9-14-10-15-11-16-14/h5-8,14H,2-4,9-11H2,1H3. The monoisotopic (exact) mass is 220 g/mol. The summed E-state index contributed by atoms with van der Waals surface area (Å²) in [6, 6.07) is 8.90. The molecule has 16 heavy (non-hydrogen) atoms. The van der Waals surface area contributed by atoms with Crippen molar-refractivity contribution >= 4 is 0 Å². The van der Waals surface area contributed by atoms with Crippen LogP contribution in [0.3, 0.4) is 0 Å². The fourth-order valence-electron chi connectivity index (χ4n) is 1.98. The van der Waals surface area contributed by atoms with E-state index in [-0.39, 0.29) is 6.10 Å². The Balaban J connectivity index is 1.86. The van der Waals surface area contributed by atoms with Gasteiger partial charge in [0.1, 0.15) is 6.79 Å².